The van der Waals surface area contributed by atoms with Crippen molar-refractivity contribution >= 4 is 22.3 Å². The number of aromatic nitrogens is 1. The lowest BCUT2D eigenvalue weighted by Crippen LogP contribution is -1.91. The van der Waals surface area contributed by atoms with E-state index in [1.807, 2.05) is 25.1 Å². The molecule has 0 aliphatic heterocycles. The molecule has 0 bridgehead atoms. The molecule has 4 N–H and O–H groups in total. The van der Waals surface area contributed by atoms with Gasteiger partial charge in [0.05, 0.1) is 12.0 Å². The van der Waals surface area contributed by atoms with Crippen LogP contribution in [0.15, 0.2) is 18.2 Å². The Bertz CT molecular complexity index is 522. The third-order valence-electron chi connectivity index (χ3n) is 2.27. The fraction of sp³-hybridized carbons (Fsp3) is 0.182. The van der Waals surface area contributed by atoms with E-state index in [9.17, 15) is 0 Å². The molecule has 4 nitrogen and oxygen atoms in total. The van der Waals surface area contributed by atoms with Crippen LogP contribution in [0.25, 0.3) is 10.4 Å². The van der Waals surface area contributed by atoms with E-state index in [0.717, 1.165) is 21.8 Å². The summed E-state index contributed by atoms with van der Waals surface area (Å²) >= 11 is 1.37. The third kappa shape index (κ3) is 1.81. The van der Waals surface area contributed by atoms with E-state index < -0.39 is 0 Å². The van der Waals surface area contributed by atoms with Crippen LogP contribution in [0, 0.1) is 6.92 Å². The van der Waals surface area contributed by atoms with Crippen LogP contribution in [0.2, 0.25) is 0 Å². The minimum Gasteiger partial charge on any atom is -0.496 e. The Morgan fingerprint density at radius 1 is 1.31 bits per heavy atom. The highest BCUT2D eigenvalue weighted by molar-refractivity contribution is 7.19. The largest absolute Gasteiger partial charge is 0.496 e. The maximum absolute atomic E-state index is 5.81. The van der Waals surface area contributed by atoms with Crippen molar-refractivity contribution in [3.05, 3.63) is 23.8 Å². The van der Waals surface area contributed by atoms with Crippen LogP contribution in [-0.2, 0) is 0 Å². The zero-order valence-corrected chi connectivity index (χ0v) is 9.97. The highest BCUT2D eigenvalue weighted by Crippen LogP contribution is 2.39. The molecule has 0 spiro atoms. The van der Waals surface area contributed by atoms with Crippen LogP contribution >= 0.6 is 11.3 Å². The van der Waals surface area contributed by atoms with E-state index in [2.05, 4.69) is 4.98 Å². The van der Waals surface area contributed by atoms with Crippen molar-refractivity contribution in [2.75, 3.05) is 18.6 Å². The first-order valence-corrected chi connectivity index (χ1v) is 5.60. The van der Waals surface area contributed by atoms with E-state index in [-0.39, 0.29) is 0 Å². The van der Waals surface area contributed by atoms with Gasteiger partial charge in [-0.3, -0.25) is 0 Å². The summed E-state index contributed by atoms with van der Waals surface area (Å²) in [5.41, 5.74) is 13.5. The van der Waals surface area contributed by atoms with E-state index >= 15 is 0 Å². The Labute approximate surface area is 97.9 Å². The molecular formula is C11H13N3OS. The van der Waals surface area contributed by atoms with E-state index in [1.54, 1.807) is 7.11 Å². The van der Waals surface area contributed by atoms with Gasteiger partial charge in [-0.15, -0.1) is 0 Å². The predicted octanol–water partition coefficient (Wildman–Crippen LogP) is 2.29. The Hall–Kier alpha value is -1.75. The van der Waals surface area contributed by atoms with Crippen molar-refractivity contribution in [2.24, 2.45) is 0 Å². The molecule has 5 heteroatoms. The van der Waals surface area contributed by atoms with Gasteiger partial charge < -0.3 is 16.2 Å². The fourth-order valence-electron chi connectivity index (χ4n) is 1.54. The zero-order valence-electron chi connectivity index (χ0n) is 9.15. The molecule has 1 heterocycles. The number of methoxy groups -OCH3 is 1. The summed E-state index contributed by atoms with van der Waals surface area (Å²) in [6.45, 7) is 2.02. The first-order valence-electron chi connectivity index (χ1n) is 4.78. The summed E-state index contributed by atoms with van der Waals surface area (Å²) < 4.78 is 5.30. The van der Waals surface area contributed by atoms with Gasteiger partial charge in [-0.1, -0.05) is 23.0 Å². The smallest absolute Gasteiger partial charge is 0.182 e. The van der Waals surface area contributed by atoms with Gasteiger partial charge in [0.15, 0.2) is 5.13 Å². The van der Waals surface area contributed by atoms with Gasteiger partial charge in [0.1, 0.15) is 11.6 Å². The van der Waals surface area contributed by atoms with Crippen LogP contribution in [0.3, 0.4) is 0 Å². The van der Waals surface area contributed by atoms with Gasteiger partial charge in [-0.05, 0) is 19.1 Å². The van der Waals surface area contributed by atoms with Crippen LogP contribution in [0.5, 0.6) is 5.75 Å². The van der Waals surface area contributed by atoms with Crippen molar-refractivity contribution in [2.45, 2.75) is 6.92 Å². The second kappa shape index (κ2) is 4.02. The average molecular weight is 235 g/mol. The molecule has 2 aromatic rings. The minimum atomic E-state index is 0.450. The summed E-state index contributed by atoms with van der Waals surface area (Å²) in [7, 11) is 1.63. The molecule has 84 valence electrons. The highest BCUT2D eigenvalue weighted by Gasteiger charge is 2.13. The number of nitrogens with zero attached hydrogens (tertiary/aromatic N) is 1. The van der Waals surface area contributed by atoms with Crippen LogP contribution in [-0.4, -0.2) is 12.1 Å². The zero-order chi connectivity index (χ0) is 11.7. The Morgan fingerprint density at radius 2 is 2.06 bits per heavy atom. The fourth-order valence-corrected chi connectivity index (χ4v) is 2.31. The molecule has 1 aromatic heterocycles. The van der Waals surface area contributed by atoms with Gasteiger partial charge in [0.2, 0.25) is 0 Å². The second-order valence-electron chi connectivity index (χ2n) is 3.47. The van der Waals surface area contributed by atoms with Gasteiger partial charge in [-0.2, -0.15) is 0 Å². The lowest BCUT2D eigenvalue weighted by atomic mass is 10.1. The molecule has 0 amide bonds. The van der Waals surface area contributed by atoms with Crippen molar-refractivity contribution in [3.8, 4) is 16.2 Å². The number of benzene rings is 1. The molecule has 0 fully saturated rings. The third-order valence-corrected chi connectivity index (χ3v) is 3.20. The number of nitrogens with two attached hydrogens (primary N) is 2. The summed E-state index contributed by atoms with van der Waals surface area (Å²) in [5.74, 6) is 1.23. The SMILES string of the molecule is COc1ccc(C)cc1-c1sc(N)nc1N. The molecular weight excluding hydrogens is 222 g/mol. The van der Waals surface area contributed by atoms with Gasteiger partial charge in [-0.25, -0.2) is 4.98 Å². The normalized spacial score (nSPS) is 10.4. The van der Waals surface area contributed by atoms with Crippen LogP contribution in [0.4, 0.5) is 10.9 Å². The summed E-state index contributed by atoms with van der Waals surface area (Å²) in [5, 5.41) is 0.469. The van der Waals surface area contributed by atoms with Gasteiger partial charge >= 0.3 is 0 Å². The maximum atomic E-state index is 5.81. The van der Waals surface area contributed by atoms with Gasteiger partial charge in [0.25, 0.3) is 0 Å². The molecule has 0 radical (unpaired) electrons. The van der Waals surface area contributed by atoms with Crippen molar-refractivity contribution in [1.82, 2.24) is 4.98 Å². The number of hydrogen-bond acceptors (Lipinski definition) is 5. The van der Waals surface area contributed by atoms with E-state index in [0.29, 0.717) is 10.9 Å². The molecule has 16 heavy (non-hydrogen) atoms. The Morgan fingerprint density at radius 3 is 2.62 bits per heavy atom. The molecule has 0 atom stereocenters. The Balaban J connectivity index is 2.62. The van der Waals surface area contributed by atoms with E-state index in [4.69, 9.17) is 16.2 Å². The number of aryl methyl sites for hydroxylation is 1. The molecule has 0 saturated carbocycles. The minimum absolute atomic E-state index is 0.450. The average Bonchev–Trinajstić information content (AvgIpc) is 2.57. The monoisotopic (exact) mass is 235 g/mol. The van der Waals surface area contributed by atoms with Crippen LogP contribution in [0.1, 0.15) is 5.56 Å². The second-order valence-corrected chi connectivity index (χ2v) is 4.50. The number of ether oxygens (including phenoxy) is 1. The predicted molar refractivity (Wildman–Crippen MR) is 67.7 cm³/mol. The number of rotatable bonds is 2. The molecule has 0 aliphatic carbocycles. The molecule has 0 saturated heterocycles. The molecule has 2 rings (SSSR count). The summed E-state index contributed by atoms with van der Waals surface area (Å²) in [6, 6.07) is 5.92. The van der Waals surface area contributed by atoms with Crippen LogP contribution < -0.4 is 16.2 Å². The molecule has 0 aliphatic rings. The standard InChI is InChI=1S/C11H13N3OS/c1-6-3-4-8(15-2)7(5-6)9-10(12)14-11(13)16-9/h3-5H,12H2,1-2H3,(H2,13,14). The first-order chi connectivity index (χ1) is 7.61. The van der Waals surface area contributed by atoms with Gasteiger partial charge in [0, 0.05) is 5.56 Å². The van der Waals surface area contributed by atoms with E-state index in [1.165, 1.54) is 11.3 Å². The summed E-state index contributed by atoms with van der Waals surface area (Å²) in [4.78, 5) is 4.87. The molecule has 0 unspecified atom stereocenters. The van der Waals surface area contributed by atoms with Crippen molar-refractivity contribution in [3.63, 3.8) is 0 Å². The maximum Gasteiger partial charge on any atom is 0.182 e. The first kappa shape index (κ1) is 10.8. The van der Waals surface area contributed by atoms with Crippen molar-refractivity contribution < 1.29 is 4.74 Å². The van der Waals surface area contributed by atoms with Crippen molar-refractivity contribution in [1.29, 1.82) is 0 Å². The molecule has 1 aromatic carbocycles. The highest BCUT2D eigenvalue weighted by atomic mass is 32.1. The number of nitrogen functional groups attached to an aromatic ring is 2. The number of thiazole rings is 1. The topological polar surface area (TPSA) is 74.2 Å². The summed E-state index contributed by atoms with van der Waals surface area (Å²) in [6.07, 6.45) is 0. The lowest BCUT2D eigenvalue weighted by molar-refractivity contribution is 0.416. The number of anilines is 2. The lowest BCUT2D eigenvalue weighted by Gasteiger charge is -2.07. The quantitative estimate of drug-likeness (QED) is 0.837. The number of hydrogen-bond donors (Lipinski definition) is 2. The Kier molecular flexibility index (Phi) is 2.70.